The Morgan fingerprint density at radius 3 is 2.41 bits per heavy atom. The van der Waals surface area contributed by atoms with Crippen LogP contribution in [-0.4, -0.2) is 28.4 Å². The van der Waals surface area contributed by atoms with E-state index < -0.39 is 22.6 Å². The summed E-state index contributed by atoms with van der Waals surface area (Å²) in [6.07, 6.45) is 0. The second-order valence-corrected chi connectivity index (χ2v) is 6.62. The number of primary amides is 2. The Morgan fingerprint density at radius 2 is 1.81 bits per heavy atom. The van der Waals surface area contributed by atoms with E-state index in [2.05, 4.69) is 5.32 Å². The summed E-state index contributed by atoms with van der Waals surface area (Å²) in [4.78, 5) is 45.2. The van der Waals surface area contributed by atoms with Crippen LogP contribution in [0.15, 0.2) is 41.3 Å². The van der Waals surface area contributed by atoms with Crippen molar-refractivity contribution in [3.05, 3.63) is 62.7 Å². The van der Waals surface area contributed by atoms with Gasteiger partial charge < -0.3 is 16.8 Å². The third-order valence-electron chi connectivity index (χ3n) is 3.31. The Kier molecular flexibility index (Phi) is 6.37. The lowest BCUT2D eigenvalue weighted by Crippen LogP contribution is -2.16. The maximum absolute atomic E-state index is 12.1. The number of thioether (sulfide) groups is 1. The lowest BCUT2D eigenvalue weighted by Gasteiger charge is -2.08. The molecule has 27 heavy (non-hydrogen) atoms. The number of hydrogen-bond acceptors (Lipinski definition) is 6. The van der Waals surface area contributed by atoms with Gasteiger partial charge in [-0.25, -0.2) is 0 Å². The first-order valence-corrected chi connectivity index (χ1v) is 8.65. The molecule has 2 rings (SSSR count). The van der Waals surface area contributed by atoms with Crippen LogP contribution in [0.4, 0.5) is 11.4 Å². The number of nitro benzene ring substituents is 1. The van der Waals surface area contributed by atoms with Crippen molar-refractivity contribution in [1.29, 1.82) is 0 Å². The topological polar surface area (TPSA) is 158 Å². The van der Waals surface area contributed by atoms with Crippen molar-refractivity contribution < 1.29 is 19.3 Å². The van der Waals surface area contributed by atoms with Crippen molar-refractivity contribution in [3.63, 3.8) is 0 Å². The van der Waals surface area contributed by atoms with E-state index in [0.717, 1.165) is 17.8 Å². The normalized spacial score (nSPS) is 10.3. The minimum Gasteiger partial charge on any atom is -0.366 e. The molecule has 0 atom stereocenters. The van der Waals surface area contributed by atoms with Gasteiger partial charge in [-0.3, -0.25) is 24.5 Å². The van der Waals surface area contributed by atoms with Crippen LogP contribution in [0.5, 0.6) is 0 Å². The second-order valence-electron chi connectivity index (χ2n) is 5.20. The molecule has 0 aromatic heterocycles. The molecule has 2 aromatic carbocycles. The SMILES string of the molecule is NC(=O)c1ccc(SCC(=O)Nc2ccc(Cl)c(C(N)=O)c2)c([N+](=O)[O-])c1. The molecule has 0 bridgehead atoms. The largest absolute Gasteiger partial charge is 0.366 e. The van der Waals surface area contributed by atoms with Crippen LogP contribution in [0.3, 0.4) is 0 Å². The zero-order valence-corrected chi connectivity index (χ0v) is 15.2. The van der Waals surface area contributed by atoms with Crippen molar-refractivity contribution in [1.82, 2.24) is 0 Å². The van der Waals surface area contributed by atoms with Crippen LogP contribution in [0.2, 0.25) is 5.02 Å². The summed E-state index contributed by atoms with van der Waals surface area (Å²) in [5.41, 5.74) is 10.3. The Morgan fingerprint density at radius 1 is 1.11 bits per heavy atom. The molecule has 0 radical (unpaired) electrons. The van der Waals surface area contributed by atoms with Crippen molar-refractivity contribution in [2.45, 2.75) is 4.90 Å². The summed E-state index contributed by atoms with van der Waals surface area (Å²) in [5.74, 6) is -2.15. The first-order valence-electron chi connectivity index (χ1n) is 7.29. The fourth-order valence-corrected chi connectivity index (χ4v) is 3.08. The highest BCUT2D eigenvalue weighted by molar-refractivity contribution is 8.00. The number of nitro groups is 1. The summed E-state index contributed by atoms with van der Waals surface area (Å²) < 4.78 is 0. The lowest BCUT2D eigenvalue weighted by molar-refractivity contribution is -0.387. The van der Waals surface area contributed by atoms with E-state index >= 15 is 0 Å². The van der Waals surface area contributed by atoms with Gasteiger partial charge in [-0.1, -0.05) is 11.6 Å². The molecular weight excluding hydrogens is 396 g/mol. The van der Waals surface area contributed by atoms with Crippen molar-refractivity contribution in [3.8, 4) is 0 Å². The number of amides is 3. The van der Waals surface area contributed by atoms with E-state index in [9.17, 15) is 24.5 Å². The number of nitrogens with one attached hydrogen (secondary N) is 1. The number of hydrogen-bond donors (Lipinski definition) is 3. The number of anilines is 1. The highest BCUT2D eigenvalue weighted by atomic mass is 35.5. The smallest absolute Gasteiger partial charge is 0.283 e. The van der Waals surface area contributed by atoms with Crippen LogP contribution in [0.25, 0.3) is 0 Å². The van der Waals surface area contributed by atoms with Gasteiger partial charge >= 0.3 is 0 Å². The summed E-state index contributed by atoms with van der Waals surface area (Å²) in [7, 11) is 0. The first-order chi connectivity index (χ1) is 12.7. The minimum absolute atomic E-state index is 0.00403. The molecule has 140 valence electrons. The van der Waals surface area contributed by atoms with Gasteiger partial charge in [-0.05, 0) is 30.3 Å². The molecule has 0 heterocycles. The summed E-state index contributed by atoms with van der Waals surface area (Å²) in [5, 5.41) is 13.8. The second kappa shape index (κ2) is 8.52. The first kappa shape index (κ1) is 20.2. The minimum atomic E-state index is -0.791. The van der Waals surface area contributed by atoms with Crippen molar-refractivity contribution in [2.75, 3.05) is 11.1 Å². The third kappa shape index (κ3) is 5.19. The molecular formula is C16H13ClN4O5S. The maximum atomic E-state index is 12.1. The standard InChI is InChI=1S/C16H13ClN4O5S/c17-11-3-2-9(6-10(11)16(19)24)20-14(22)7-27-13-4-1-8(15(18)23)5-12(13)21(25)26/h1-6H,7H2,(H2,18,23)(H2,19,24)(H,20,22). The summed E-state index contributed by atoms with van der Waals surface area (Å²) in [6, 6.07) is 7.98. The molecule has 2 aromatic rings. The van der Waals surface area contributed by atoms with Crippen LogP contribution in [0, 0.1) is 10.1 Å². The van der Waals surface area contributed by atoms with Crippen molar-refractivity contribution >= 4 is 52.5 Å². The van der Waals surface area contributed by atoms with Crippen LogP contribution < -0.4 is 16.8 Å². The highest BCUT2D eigenvalue weighted by Crippen LogP contribution is 2.30. The van der Waals surface area contributed by atoms with E-state index in [0.29, 0.717) is 5.69 Å². The number of benzene rings is 2. The lowest BCUT2D eigenvalue weighted by atomic mass is 10.2. The van der Waals surface area contributed by atoms with E-state index in [1.54, 1.807) is 0 Å². The average Bonchev–Trinajstić information content (AvgIpc) is 2.61. The third-order valence-corrected chi connectivity index (χ3v) is 4.71. The molecule has 0 saturated heterocycles. The van der Waals surface area contributed by atoms with E-state index in [1.807, 2.05) is 0 Å². The number of carbonyl (C=O) groups excluding carboxylic acids is 3. The summed E-state index contributed by atoms with van der Waals surface area (Å²) in [6.45, 7) is 0. The predicted octanol–water partition coefficient (Wildman–Crippen LogP) is 2.18. The molecule has 0 unspecified atom stereocenters. The van der Waals surface area contributed by atoms with Crippen molar-refractivity contribution in [2.24, 2.45) is 11.5 Å². The fourth-order valence-electron chi connectivity index (χ4n) is 2.07. The quantitative estimate of drug-likeness (QED) is 0.361. The Bertz CT molecular complexity index is 950. The number of halogens is 1. The Balaban J connectivity index is 2.10. The zero-order chi connectivity index (χ0) is 20.1. The van der Waals surface area contributed by atoms with Gasteiger partial charge in [0.15, 0.2) is 0 Å². The van der Waals surface area contributed by atoms with E-state index in [1.165, 1.54) is 30.3 Å². The highest BCUT2D eigenvalue weighted by Gasteiger charge is 2.18. The fraction of sp³-hybridized carbons (Fsp3) is 0.0625. The van der Waals surface area contributed by atoms with Crippen LogP contribution >= 0.6 is 23.4 Å². The molecule has 0 fully saturated rings. The van der Waals surface area contributed by atoms with Crippen LogP contribution in [-0.2, 0) is 4.79 Å². The predicted molar refractivity (Wildman–Crippen MR) is 101 cm³/mol. The van der Waals surface area contributed by atoms with E-state index in [-0.39, 0.29) is 32.5 Å². The molecule has 9 nitrogen and oxygen atoms in total. The van der Waals surface area contributed by atoms with E-state index in [4.69, 9.17) is 23.1 Å². The molecule has 0 spiro atoms. The molecule has 5 N–H and O–H groups in total. The number of rotatable bonds is 7. The Hall–Kier alpha value is -3.11. The number of nitrogens with zero attached hydrogens (tertiary/aromatic N) is 1. The molecule has 0 aliphatic heterocycles. The van der Waals surface area contributed by atoms with Gasteiger partial charge in [0.1, 0.15) is 0 Å². The molecule has 0 saturated carbocycles. The molecule has 11 heteroatoms. The molecule has 3 amide bonds. The van der Waals surface area contributed by atoms with Gasteiger partial charge in [-0.2, -0.15) is 0 Å². The average molecular weight is 409 g/mol. The van der Waals surface area contributed by atoms with Gasteiger partial charge in [0.2, 0.25) is 17.7 Å². The van der Waals surface area contributed by atoms with Gasteiger partial charge in [0.25, 0.3) is 5.69 Å². The molecule has 0 aliphatic carbocycles. The number of nitrogens with two attached hydrogens (primary N) is 2. The maximum Gasteiger partial charge on any atom is 0.283 e. The monoisotopic (exact) mass is 408 g/mol. The van der Waals surface area contributed by atoms with Gasteiger partial charge in [-0.15, -0.1) is 11.8 Å². The zero-order valence-electron chi connectivity index (χ0n) is 13.6. The van der Waals surface area contributed by atoms with Crippen LogP contribution in [0.1, 0.15) is 20.7 Å². The summed E-state index contributed by atoms with van der Waals surface area (Å²) >= 11 is 6.75. The Labute approximate surface area is 162 Å². The molecule has 0 aliphatic rings. The number of carbonyl (C=O) groups is 3. The van der Waals surface area contributed by atoms with Gasteiger partial charge in [0.05, 0.1) is 26.2 Å². The van der Waals surface area contributed by atoms with Gasteiger partial charge in [0, 0.05) is 17.3 Å².